The third-order valence-electron chi connectivity index (χ3n) is 3.16. The molecule has 0 spiro atoms. The van der Waals surface area contributed by atoms with Gasteiger partial charge in [0, 0.05) is 11.8 Å². The van der Waals surface area contributed by atoms with Crippen molar-refractivity contribution in [3.05, 3.63) is 66.7 Å². The summed E-state index contributed by atoms with van der Waals surface area (Å²) in [6.45, 7) is 0. The zero-order valence-corrected chi connectivity index (χ0v) is 13.1. The minimum atomic E-state index is -5.13. The van der Waals surface area contributed by atoms with E-state index in [0.29, 0.717) is 0 Å². The topological polar surface area (TPSA) is 122 Å². The van der Waals surface area contributed by atoms with Crippen molar-refractivity contribution in [1.29, 1.82) is 5.26 Å². The van der Waals surface area contributed by atoms with Crippen molar-refractivity contribution in [2.75, 3.05) is 5.32 Å². The smallest absolute Gasteiger partial charge is 0.344 e. The van der Waals surface area contributed by atoms with Gasteiger partial charge in [-0.15, -0.1) is 0 Å². The summed E-state index contributed by atoms with van der Waals surface area (Å²) in [5, 5.41) is 32.3. The van der Waals surface area contributed by atoms with E-state index < -0.39 is 43.7 Å². The Hall–Kier alpha value is -3.39. The van der Waals surface area contributed by atoms with E-state index >= 15 is 0 Å². The second kappa shape index (κ2) is 6.85. The highest BCUT2D eigenvalue weighted by Gasteiger charge is 2.42. The third-order valence-corrected chi connectivity index (χ3v) is 3.55. The molecular formula is C14H6ClF3N4O4. The van der Waals surface area contributed by atoms with Gasteiger partial charge in [0.25, 0.3) is 0 Å². The molecule has 0 aliphatic rings. The first-order chi connectivity index (χ1) is 12.1. The molecule has 134 valence electrons. The lowest BCUT2D eigenvalue weighted by Crippen LogP contribution is -2.11. The summed E-state index contributed by atoms with van der Waals surface area (Å²) in [4.78, 5) is 20.0. The number of anilines is 2. The minimum absolute atomic E-state index is 0.0195. The number of nitro benzene ring substituents is 2. The van der Waals surface area contributed by atoms with Crippen molar-refractivity contribution in [1.82, 2.24) is 0 Å². The molecule has 0 bridgehead atoms. The molecule has 0 atom stereocenters. The maximum absolute atomic E-state index is 13.0. The molecular weight excluding hydrogens is 381 g/mol. The van der Waals surface area contributed by atoms with Gasteiger partial charge < -0.3 is 5.32 Å². The van der Waals surface area contributed by atoms with E-state index in [-0.39, 0.29) is 17.3 Å². The van der Waals surface area contributed by atoms with Crippen LogP contribution in [0.5, 0.6) is 0 Å². The van der Waals surface area contributed by atoms with Gasteiger partial charge in [-0.2, -0.15) is 18.4 Å². The number of nitrogens with one attached hydrogen (secondary N) is 1. The number of benzene rings is 2. The van der Waals surface area contributed by atoms with Gasteiger partial charge in [0.05, 0.1) is 27.0 Å². The lowest BCUT2D eigenvalue weighted by molar-refractivity contribution is -0.392. The lowest BCUT2D eigenvalue weighted by Gasteiger charge is -2.13. The maximum atomic E-state index is 13.0. The van der Waals surface area contributed by atoms with E-state index in [4.69, 9.17) is 16.9 Å². The Bertz CT molecular complexity index is 956. The normalized spacial score (nSPS) is 10.9. The van der Waals surface area contributed by atoms with E-state index in [1.165, 1.54) is 24.3 Å². The van der Waals surface area contributed by atoms with Crippen molar-refractivity contribution in [3.8, 4) is 6.07 Å². The number of nitrogens with zero attached hydrogens (tertiary/aromatic N) is 3. The lowest BCUT2D eigenvalue weighted by atomic mass is 10.1. The van der Waals surface area contributed by atoms with Crippen LogP contribution in [0.4, 0.5) is 35.9 Å². The van der Waals surface area contributed by atoms with Crippen molar-refractivity contribution in [2.24, 2.45) is 0 Å². The molecule has 0 saturated heterocycles. The Balaban J connectivity index is 2.78. The Kier molecular flexibility index (Phi) is 4.99. The largest absolute Gasteiger partial charge is 0.418 e. The number of hydrogen-bond acceptors (Lipinski definition) is 6. The standard InChI is InChI=1S/C14H6ClF3N4O4/c15-11-9(14(16,17)18)5-10(21(23)24)12(13(11)22(25)26)20-8-3-1-2-7(4-8)6-19/h1-5,20H. The molecule has 2 aromatic carbocycles. The van der Waals surface area contributed by atoms with Crippen molar-refractivity contribution in [3.63, 3.8) is 0 Å². The monoisotopic (exact) mass is 386 g/mol. The first kappa shape index (κ1) is 18.9. The molecule has 0 fully saturated rings. The zero-order chi connectivity index (χ0) is 19.6. The number of nitro groups is 2. The molecule has 8 nitrogen and oxygen atoms in total. The molecule has 0 amide bonds. The van der Waals surface area contributed by atoms with Gasteiger partial charge in [-0.3, -0.25) is 20.2 Å². The molecule has 0 aromatic heterocycles. The van der Waals surface area contributed by atoms with Crippen LogP contribution in [-0.2, 0) is 6.18 Å². The van der Waals surface area contributed by atoms with E-state index in [0.717, 1.165) is 0 Å². The van der Waals surface area contributed by atoms with E-state index in [2.05, 4.69) is 5.32 Å². The Morgan fingerprint density at radius 1 is 1.15 bits per heavy atom. The molecule has 0 radical (unpaired) electrons. The second-order valence-electron chi connectivity index (χ2n) is 4.81. The summed E-state index contributed by atoms with van der Waals surface area (Å²) in [5.74, 6) is 0. The Morgan fingerprint density at radius 3 is 2.31 bits per heavy atom. The molecule has 1 N–H and O–H groups in total. The zero-order valence-electron chi connectivity index (χ0n) is 12.4. The van der Waals surface area contributed by atoms with Crippen LogP contribution in [0.15, 0.2) is 30.3 Å². The predicted molar refractivity (Wildman–Crippen MR) is 84.2 cm³/mol. The number of halogens is 4. The second-order valence-corrected chi connectivity index (χ2v) is 5.19. The molecule has 2 rings (SSSR count). The quantitative estimate of drug-likeness (QED) is 0.595. The van der Waals surface area contributed by atoms with Crippen molar-refractivity contribution >= 4 is 34.4 Å². The van der Waals surface area contributed by atoms with Crippen molar-refractivity contribution < 1.29 is 23.0 Å². The fraction of sp³-hybridized carbons (Fsp3) is 0.0714. The third kappa shape index (κ3) is 3.65. The number of nitriles is 1. The molecule has 0 heterocycles. The van der Waals surface area contributed by atoms with Gasteiger partial charge in [0.15, 0.2) is 5.69 Å². The van der Waals surface area contributed by atoms with Crippen LogP contribution in [-0.4, -0.2) is 9.85 Å². The van der Waals surface area contributed by atoms with Gasteiger partial charge in [0.1, 0.15) is 5.02 Å². The van der Waals surface area contributed by atoms with Crippen LogP contribution in [0.3, 0.4) is 0 Å². The van der Waals surface area contributed by atoms with Gasteiger partial charge in [0.2, 0.25) is 0 Å². The van der Waals surface area contributed by atoms with Crippen LogP contribution < -0.4 is 5.32 Å². The van der Waals surface area contributed by atoms with Gasteiger partial charge in [-0.05, 0) is 18.2 Å². The highest BCUT2D eigenvalue weighted by molar-refractivity contribution is 6.34. The highest BCUT2D eigenvalue weighted by Crippen LogP contribution is 2.48. The van der Waals surface area contributed by atoms with Crippen LogP contribution >= 0.6 is 11.6 Å². The van der Waals surface area contributed by atoms with E-state index in [1.54, 1.807) is 6.07 Å². The molecule has 2 aromatic rings. The molecule has 0 aliphatic carbocycles. The first-order valence-electron chi connectivity index (χ1n) is 6.56. The predicted octanol–water partition coefficient (Wildman–Crippen LogP) is 4.79. The van der Waals surface area contributed by atoms with Gasteiger partial charge in [-0.25, -0.2) is 0 Å². The average Bonchev–Trinajstić information content (AvgIpc) is 2.53. The summed E-state index contributed by atoms with van der Waals surface area (Å²) in [6, 6.07) is 7.21. The van der Waals surface area contributed by atoms with Crippen LogP contribution in [0, 0.1) is 31.6 Å². The van der Waals surface area contributed by atoms with Gasteiger partial charge >= 0.3 is 17.6 Å². The number of rotatable bonds is 4. The highest BCUT2D eigenvalue weighted by atomic mass is 35.5. The maximum Gasteiger partial charge on any atom is 0.418 e. The molecule has 0 saturated carbocycles. The van der Waals surface area contributed by atoms with Gasteiger partial charge in [-0.1, -0.05) is 17.7 Å². The summed E-state index contributed by atoms with van der Waals surface area (Å²) >= 11 is 5.52. The van der Waals surface area contributed by atoms with Crippen LogP contribution in [0.25, 0.3) is 0 Å². The summed E-state index contributed by atoms with van der Waals surface area (Å²) in [5.41, 5.74) is -4.86. The molecule has 12 heteroatoms. The van der Waals surface area contributed by atoms with Crippen LogP contribution in [0.2, 0.25) is 5.02 Å². The minimum Gasteiger partial charge on any atom is -0.344 e. The fourth-order valence-corrected chi connectivity index (χ4v) is 2.41. The summed E-state index contributed by atoms with van der Waals surface area (Å²) in [6.07, 6.45) is -5.13. The summed E-state index contributed by atoms with van der Waals surface area (Å²) in [7, 11) is 0. The fourth-order valence-electron chi connectivity index (χ4n) is 2.09. The first-order valence-corrected chi connectivity index (χ1v) is 6.93. The van der Waals surface area contributed by atoms with E-state index in [9.17, 15) is 33.4 Å². The Labute approximate surface area is 147 Å². The number of hydrogen-bond donors (Lipinski definition) is 1. The van der Waals surface area contributed by atoms with Crippen molar-refractivity contribution in [2.45, 2.75) is 6.18 Å². The molecule has 26 heavy (non-hydrogen) atoms. The Morgan fingerprint density at radius 2 is 1.81 bits per heavy atom. The van der Waals surface area contributed by atoms with Crippen LogP contribution in [0.1, 0.15) is 11.1 Å². The average molecular weight is 387 g/mol. The molecule has 0 unspecified atom stereocenters. The summed E-state index contributed by atoms with van der Waals surface area (Å²) < 4.78 is 39.0. The SMILES string of the molecule is N#Cc1cccc(Nc2c([N+](=O)[O-])cc(C(F)(F)F)c(Cl)c2[N+](=O)[O-])c1. The van der Waals surface area contributed by atoms with E-state index in [1.807, 2.05) is 0 Å². The number of alkyl halides is 3. The molecule has 0 aliphatic heterocycles.